The van der Waals surface area contributed by atoms with Gasteiger partial charge in [0.2, 0.25) is 5.89 Å². The van der Waals surface area contributed by atoms with Gasteiger partial charge in [-0.3, -0.25) is 0 Å². The van der Waals surface area contributed by atoms with Crippen molar-refractivity contribution in [2.45, 2.75) is 38.5 Å². The second-order valence-corrected chi connectivity index (χ2v) is 9.11. The molecule has 4 aromatic rings. The number of nitrogens with zero attached hydrogens (tertiary/aromatic N) is 1. The van der Waals surface area contributed by atoms with Gasteiger partial charge >= 0.3 is 29.6 Å². The average molecular weight is 486 g/mol. The predicted octanol–water partition coefficient (Wildman–Crippen LogP) is 3.12. The molecule has 0 amide bonds. The molecule has 1 atom stereocenters. The van der Waals surface area contributed by atoms with E-state index in [2.05, 4.69) is 42.5 Å². The summed E-state index contributed by atoms with van der Waals surface area (Å²) in [7, 11) is 0. The van der Waals surface area contributed by atoms with Gasteiger partial charge in [0.1, 0.15) is 5.69 Å². The van der Waals surface area contributed by atoms with Crippen molar-refractivity contribution in [3.63, 3.8) is 0 Å². The van der Waals surface area contributed by atoms with Crippen LogP contribution in [0.4, 0.5) is 0 Å². The maximum atomic E-state index is 10.9. The van der Waals surface area contributed by atoms with E-state index < -0.39 is 5.97 Å². The van der Waals surface area contributed by atoms with Crippen LogP contribution in [0.5, 0.6) is 0 Å². The molecule has 3 aromatic carbocycles. The van der Waals surface area contributed by atoms with Gasteiger partial charge in [0.05, 0.1) is 0 Å². The zero-order chi connectivity index (χ0) is 24.0. The number of aryl methyl sites for hydroxylation is 1. The second kappa shape index (κ2) is 12.4. The van der Waals surface area contributed by atoms with Gasteiger partial charge in [0.15, 0.2) is 5.76 Å². The van der Waals surface area contributed by atoms with Crippen LogP contribution in [0.15, 0.2) is 95.4 Å². The van der Waals surface area contributed by atoms with Crippen LogP contribution in [0.3, 0.4) is 0 Å². The van der Waals surface area contributed by atoms with E-state index in [0.717, 1.165) is 59.4 Å². The van der Waals surface area contributed by atoms with Crippen LogP contribution in [-0.2, 0) is 17.6 Å². The minimum absolute atomic E-state index is 0. The molecular formula is C31H28NNaO3. The molecule has 0 bridgehead atoms. The van der Waals surface area contributed by atoms with Gasteiger partial charge in [0.25, 0.3) is 0 Å². The van der Waals surface area contributed by atoms with E-state index >= 15 is 0 Å². The van der Waals surface area contributed by atoms with Gasteiger partial charge in [-0.05, 0) is 55.6 Å². The Balaban J connectivity index is 0.00000304. The molecule has 1 aliphatic rings. The van der Waals surface area contributed by atoms with Gasteiger partial charge in [-0.25, -0.2) is 4.98 Å². The molecule has 1 unspecified atom stereocenters. The normalized spacial score (nSPS) is 15.1. The number of aliphatic carboxylic acids is 1. The van der Waals surface area contributed by atoms with Gasteiger partial charge in [0, 0.05) is 22.7 Å². The summed E-state index contributed by atoms with van der Waals surface area (Å²) in [6.07, 6.45) is 6.90. The Labute approximate surface area is 234 Å². The first-order valence-electron chi connectivity index (χ1n) is 12.3. The maximum absolute atomic E-state index is 10.9. The topological polar surface area (TPSA) is 66.2 Å². The Morgan fingerprint density at radius 2 is 1.61 bits per heavy atom. The van der Waals surface area contributed by atoms with E-state index in [4.69, 9.17) is 9.40 Å². The molecular weight excluding hydrogens is 457 g/mol. The molecule has 4 nitrogen and oxygen atoms in total. The zero-order valence-electron chi connectivity index (χ0n) is 20.7. The molecule has 0 fully saturated rings. The third-order valence-corrected chi connectivity index (χ3v) is 6.61. The number of benzene rings is 3. The summed E-state index contributed by atoms with van der Waals surface area (Å²) in [5, 5.41) is 10.9. The summed E-state index contributed by atoms with van der Waals surface area (Å²) in [5.74, 6) is 0.771. The summed E-state index contributed by atoms with van der Waals surface area (Å²) in [4.78, 5) is 15.9. The third kappa shape index (κ3) is 6.25. The van der Waals surface area contributed by atoms with Crippen LogP contribution < -0.4 is 34.7 Å². The molecule has 0 saturated carbocycles. The molecule has 0 N–H and O–H groups in total. The number of hydrogen-bond donors (Lipinski definition) is 0. The Bertz CT molecular complexity index is 1270. The number of aromatic nitrogens is 1. The van der Waals surface area contributed by atoms with Crippen LogP contribution in [0.25, 0.3) is 28.2 Å². The molecule has 36 heavy (non-hydrogen) atoms. The van der Waals surface area contributed by atoms with E-state index in [-0.39, 0.29) is 36.0 Å². The summed E-state index contributed by atoms with van der Waals surface area (Å²) in [6, 6.07) is 28.6. The largest absolute Gasteiger partial charge is 1.00 e. The fourth-order valence-corrected chi connectivity index (χ4v) is 4.88. The van der Waals surface area contributed by atoms with Crippen molar-refractivity contribution in [1.29, 1.82) is 0 Å². The van der Waals surface area contributed by atoms with E-state index in [0.29, 0.717) is 18.2 Å². The average Bonchev–Trinajstić information content (AvgIpc) is 3.34. The SMILES string of the molecule is O=C([O-])CCc1cccc(CC2CCCC=C2c2nc(-c3ccccc3)c(-c3ccccc3)o2)c1.[Na+]. The fraction of sp³-hybridized carbons (Fsp3) is 0.226. The fourth-order valence-electron chi connectivity index (χ4n) is 4.88. The van der Waals surface area contributed by atoms with E-state index in [9.17, 15) is 9.90 Å². The summed E-state index contributed by atoms with van der Waals surface area (Å²) >= 11 is 0. The Hall–Kier alpha value is -2.92. The van der Waals surface area contributed by atoms with Crippen molar-refractivity contribution in [1.82, 2.24) is 4.98 Å². The Kier molecular flexibility index (Phi) is 8.98. The Morgan fingerprint density at radius 1 is 0.917 bits per heavy atom. The van der Waals surface area contributed by atoms with Crippen LogP contribution >= 0.6 is 0 Å². The van der Waals surface area contributed by atoms with Crippen molar-refractivity contribution in [3.05, 3.63) is 108 Å². The van der Waals surface area contributed by atoms with Crippen molar-refractivity contribution in [2.75, 3.05) is 0 Å². The van der Waals surface area contributed by atoms with Gasteiger partial charge in [-0.2, -0.15) is 0 Å². The first kappa shape index (κ1) is 26.2. The standard InChI is InChI=1S/C31H29NO3.Na/c33-28(34)19-18-22-10-9-11-23(20-22)21-26-16-7-8-17-27(26)31-32-29(24-12-3-1-4-13-24)30(35-31)25-14-5-2-6-15-25;/h1-6,9-15,17,20,26H,7-8,16,18-19,21H2,(H,33,34);/q;+1/p-1. The van der Waals surface area contributed by atoms with E-state index in [1.807, 2.05) is 48.5 Å². The first-order chi connectivity index (χ1) is 17.2. The number of rotatable bonds is 8. The van der Waals surface area contributed by atoms with Crippen molar-refractivity contribution >= 4 is 11.5 Å². The summed E-state index contributed by atoms with van der Waals surface area (Å²) in [5.41, 5.74) is 6.31. The number of carbonyl (C=O) groups is 1. The predicted molar refractivity (Wildman–Crippen MR) is 136 cm³/mol. The van der Waals surface area contributed by atoms with Crippen molar-refractivity contribution in [3.8, 4) is 22.6 Å². The molecule has 5 heteroatoms. The quantitative estimate of drug-likeness (QED) is 0.360. The van der Waals surface area contributed by atoms with Crippen LogP contribution in [0.1, 0.15) is 42.7 Å². The molecule has 0 saturated heterocycles. The van der Waals surface area contributed by atoms with Crippen LogP contribution in [-0.4, -0.2) is 11.0 Å². The molecule has 0 aliphatic heterocycles. The third-order valence-electron chi connectivity index (χ3n) is 6.61. The van der Waals surface area contributed by atoms with E-state index in [1.165, 1.54) is 5.56 Å². The van der Waals surface area contributed by atoms with Crippen molar-refractivity contribution in [2.24, 2.45) is 5.92 Å². The minimum atomic E-state index is -1.01. The van der Waals surface area contributed by atoms with Crippen LogP contribution in [0, 0.1) is 5.92 Å². The number of hydrogen-bond acceptors (Lipinski definition) is 4. The molecule has 176 valence electrons. The second-order valence-electron chi connectivity index (χ2n) is 9.11. The number of carbonyl (C=O) groups excluding carboxylic acids is 1. The summed E-state index contributed by atoms with van der Waals surface area (Å²) < 4.78 is 6.50. The number of carboxylic acid groups (broad SMARTS) is 1. The molecule has 5 rings (SSSR count). The number of carboxylic acids is 1. The monoisotopic (exact) mass is 485 g/mol. The molecule has 0 spiro atoms. The number of allylic oxidation sites excluding steroid dienone is 2. The summed E-state index contributed by atoms with van der Waals surface area (Å²) in [6.45, 7) is 0. The molecule has 1 heterocycles. The number of oxazole rings is 1. The Morgan fingerprint density at radius 3 is 2.33 bits per heavy atom. The first-order valence-corrected chi connectivity index (χ1v) is 12.3. The van der Waals surface area contributed by atoms with Gasteiger partial charge in [-0.15, -0.1) is 0 Å². The maximum Gasteiger partial charge on any atom is 1.00 e. The molecule has 1 aliphatic carbocycles. The molecule has 1 aromatic heterocycles. The van der Waals surface area contributed by atoms with Gasteiger partial charge in [-0.1, -0.05) is 91.0 Å². The minimum Gasteiger partial charge on any atom is -0.550 e. The molecule has 0 radical (unpaired) electrons. The van der Waals surface area contributed by atoms with Crippen molar-refractivity contribution < 1.29 is 43.9 Å². The van der Waals surface area contributed by atoms with E-state index in [1.54, 1.807) is 0 Å². The van der Waals surface area contributed by atoms with Crippen LogP contribution in [0.2, 0.25) is 0 Å². The van der Waals surface area contributed by atoms with Gasteiger partial charge < -0.3 is 14.3 Å². The zero-order valence-corrected chi connectivity index (χ0v) is 22.7. The smallest absolute Gasteiger partial charge is 0.550 e.